The molecule has 10 heteroatoms. The molecule has 4 rings (SSSR count). The highest BCUT2D eigenvalue weighted by Gasteiger charge is 2.22. The van der Waals surface area contributed by atoms with E-state index in [4.69, 9.17) is 4.74 Å². The number of hydrogen-bond acceptors (Lipinski definition) is 8. The van der Waals surface area contributed by atoms with Crippen molar-refractivity contribution in [1.29, 1.82) is 0 Å². The van der Waals surface area contributed by atoms with Crippen molar-refractivity contribution in [3.63, 3.8) is 0 Å². The fraction of sp³-hybridized carbons (Fsp3) is 0.387. The van der Waals surface area contributed by atoms with Gasteiger partial charge in [0.25, 0.3) is 0 Å². The maximum absolute atomic E-state index is 13.0. The molecule has 0 fully saturated rings. The van der Waals surface area contributed by atoms with Gasteiger partial charge in [-0.05, 0) is 75.9 Å². The lowest BCUT2D eigenvalue weighted by atomic mass is 10.1. The number of H-pyrrole nitrogens is 1. The summed E-state index contributed by atoms with van der Waals surface area (Å²) in [6.07, 6.45) is 2.89. The van der Waals surface area contributed by atoms with Crippen LogP contribution in [0.3, 0.4) is 0 Å². The van der Waals surface area contributed by atoms with Crippen molar-refractivity contribution in [2.24, 2.45) is 0 Å². The Morgan fingerprint density at radius 2 is 1.93 bits per heavy atom. The van der Waals surface area contributed by atoms with Crippen molar-refractivity contribution in [1.82, 2.24) is 20.2 Å². The first-order valence-corrected chi connectivity index (χ1v) is 14.6. The first-order chi connectivity index (χ1) is 19.6. The highest BCUT2D eigenvalue weighted by atomic mass is 32.1. The number of nitrogens with zero attached hydrogens (tertiary/aromatic N) is 2. The van der Waals surface area contributed by atoms with E-state index in [0.29, 0.717) is 42.0 Å². The molecule has 218 valence electrons. The Morgan fingerprint density at radius 1 is 1.12 bits per heavy atom. The van der Waals surface area contributed by atoms with Crippen LogP contribution in [0.4, 0.5) is 4.79 Å². The van der Waals surface area contributed by atoms with Gasteiger partial charge in [0, 0.05) is 37.1 Å². The van der Waals surface area contributed by atoms with E-state index in [1.165, 1.54) is 6.07 Å². The minimum atomic E-state index is -0.829. The SMILES string of the molecule is CC(C)(C)OC(=O)N(CCCc1ccccn1)Cc1cccc(CCNCC(O)c2ccc(O)c3[nH]c(=O)sc23)c1. The number of carbonyl (C=O) groups is 1. The summed E-state index contributed by atoms with van der Waals surface area (Å²) in [6.45, 7) is 7.52. The number of aromatic hydroxyl groups is 1. The van der Waals surface area contributed by atoms with Gasteiger partial charge in [0.1, 0.15) is 16.9 Å². The second-order valence-electron chi connectivity index (χ2n) is 11.0. The number of thiazole rings is 1. The van der Waals surface area contributed by atoms with E-state index in [1.54, 1.807) is 17.2 Å². The topological polar surface area (TPSA) is 128 Å². The molecule has 0 bridgehead atoms. The number of aliphatic hydroxyl groups is 1. The maximum atomic E-state index is 13.0. The Bertz CT molecular complexity index is 1500. The Kier molecular flexibility index (Phi) is 10.1. The number of ether oxygens (including phenoxy) is 1. The molecule has 1 amide bonds. The lowest BCUT2D eigenvalue weighted by Crippen LogP contribution is -2.37. The van der Waals surface area contributed by atoms with Gasteiger partial charge in [-0.15, -0.1) is 0 Å². The van der Waals surface area contributed by atoms with Crippen LogP contribution < -0.4 is 10.2 Å². The van der Waals surface area contributed by atoms with Crippen molar-refractivity contribution < 1.29 is 19.7 Å². The van der Waals surface area contributed by atoms with Crippen LogP contribution in [-0.2, 0) is 24.1 Å². The van der Waals surface area contributed by atoms with Gasteiger partial charge in [0.15, 0.2) is 0 Å². The van der Waals surface area contributed by atoms with Gasteiger partial charge in [0.2, 0.25) is 0 Å². The van der Waals surface area contributed by atoms with Crippen molar-refractivity contribution in [2.75, 3.05) is 19.6 Å². The molecule has 4 N–H and O–H groups in total. The van der Waals surface area contributed by atoms with Gasteiger partial charge < -0.3 is 30.2 Å². The number of aromatic amines is 1. The fourth-order valence-corrected chi connectivity index (χ4v) is 5.46. The number of amides is 1. The molecule has 0 aliphatic carbocycles. The zero-order chi connectivity index (χ0) is 29.4. The van der Waals surface area contributed by atoms with Gasteiger partial charge in [-0.1, -0.05) is 47.7 Å². The second kappa shape index (κ2) is 13.8. The summed E-state index contributed by atoms with van der Waals surface area (Å²) in [5.74, 6) is -0.0134. The molecule has 2 heterocycles. The number of rotatable bonds is 12. The quantitative estimate of drug-likeness (QED) is 0.176. The first-order valence-electron chi connectivity index (χ1n) is 13.8. The van der Waals surface area contributed by atoms with Crippen molar-refractivity contribution in [3.8, 4) is 5.75 Å². The van der Waals surface area contributed by atoms with Crippen LogP contribution >= 0.6 is 11.3 Å². The molecule has 1 unspecified atom stereocenters. The van der Waals surface area contributed by atoms with E-state index in [1.807, 2.05) is 57.2 Å². The summed E-state index contributed by atoms with van der Waals surface area (Å²) in [7, 11) is 0. The van der Waals surface area contributed by atoms with Crippen LogP contribution in [0.5, 0.6) is 5.75 Å². The number of aliphatic hydroxyl groups excluding tert-OH is 1. The zero-order valence-electron chi connectivity index (χ0n) is 23.7. The summed E-state index contributed by atoms with van der Waals surface area (Å²) >= 11 is 0.973. The van der Waals surface area contributed by atoms with Crippen molar-refractivity contribution in [3.05, 3.63) is 92.8 Å². The summed E-state index contributed by atoms with van der Waals surface area (Å²) in [5, 5.41) is 24.0. The second-order valence-corrected chi connectivity index (χ2v) is 12.0. The molecule has 0 spiro atoms. The fourth-order valence-electron chi connectivity index (χ4n) is 4.55. The smallest absolute Gasteiger partial charge is 0.410 e. The molecule has 41 heavy (non-hydrogen) atoms. The van der Waals surface area contributed by atoms with Crippen LogP contribution in [0.25, 0.3) is 10.2 Å². The molecule has 0 aliphatic heterocycles. The van der Waals surface area contributed by atoms with Gasteiger partial charge in [-0.2, -0.15) is 0 Å². The number of nitrogens with one attached hydrogen (secondary N) is 2. The molecular weight excluding hydrogens is 540 g/mol. The number of fused-ring (bicyclic) bond motifs is 1. The molecular formula is C31H38N4O5S. The molecule has 4 aromatic rings. The molecule has 2 aromatic carbocycles. The van der Waals surface area contributed by atoms with Crippen molar-refractivity contribution >= 4 is 27.6 Å². The summed E-state index contributed by atoms with van der Waals surface area (Å²) in [5.41, 5.74) is 3.48. The Labute approximate surface area is 243 Å². The molecule has 0 saturated heterocycles. The number of phenols is 1. The highest BCUT2D eigenvalue weighted by Crippen LogP contribution is 2.31. The minimum absolute atomic E-state index is 0.0134. The lowest BCUT2D eigenvalue weighted by Gasteiger charge is -2.27. The van der Waals surface area contributed by atoms with Crippen LogP contribution in [0.2, 0.25) is 0 Å². The van der Waals surface area contributed by atoms with Crippen molar-refractivity contribution in [2.45, 2.75) is 58.3 Å². The number of benzene rings is 2. The van der Waals surface area contributed by atoms with Gasteiger partial charge in [-0.25, -0.2) is 4.79 Å². The van der Waals surface area contributed by atoms with Gasteiger partial charge in [0.05, 0.1) is 10.8 Å². The van der Waals surface area contributed by atoms with Gasteiger partial charge >= 0.3 is 11.0 Å². The monoisotopic (exact) mass is 578 g/mol. The highest BCUT2D eigenvalue weighted by molar-refractivity contribution is 7.16. The average Bonchev–Trinajstić information content (AvgIpc) is 3.33. The number of aryl methyl sites for hydroxylation is 1. The third-order valence-corrected chi connectivity index (χ3v) is 7.41. The molecule has 1 atom stereocenters. The van der Waals surface area contributed by atoms with Crippen LogP contribution in [-0.4, -0.2) is 56.4 Å². The van der Waals surface area contributed by atoms with E-state index in [-0.39, 0.29) is 16.7 Å². The molecule has 9 nitrogen and oxygen atoms in total. The number of phenolic OH excluding ortho intramolecular Hbond substituents is 1. The molecule has 0 aliphatic rings. The predicted octanol–water partition coefficient (Wildman–Crippen LogP) is 4.93. The first kappa shape index (κ1) is 30.2. The van der Waals surface area contributed by atoms with E-state index >= 15 is 0 Å². The zero-order valence-corrected chi connectivity index (χ0v) is 24.5. The Balaban J connectivity index is 1.32. The number of carbonyl (C=O) groups excluding carboxylic acids is 1. The summed E-state index contributed by atoms with van der Waals surface area (Å²) < 4.78 is 6.24. The summed E-state index contributed by atoms with van der Waals surface area (Å²) in [6, 6.07) is 17.1. The number of aromatic nitrogens is 2. The van der Waals surface area contributed by atoms with Crippen LogP contribution in [0.15, 0.2) is 65.6 Å². The van der Waals surface area contributed by atoms with E-state index < -0.39 is 11.7 Å². The molecule has 0 saturated carbocycles. The molecule has 0 radical (unpaired) electrons. The average molecular weight is 579 g/mol. The standard InChI is InChI=1S/C31H38N4O5S/c1-31(2,3)40-30(39)35(17-7-11-23-10-4-5-15-33-23)20-22-9-6-8-21(18-22)14-16-32-19-26(37)24-12-13-25(36)27-28(24)41-29(38)34-27/h4-6,8-10,12-13,15,18,26,32,36-37H,7,11,14,16-17,19-20H2,1-3H3,(H,34,38). The van der Waals surface area contributed by atoms with Gasteiger partial charge in [-0.3, -0.25) is 9.78 Å². The minimum Gasteiger partial charge on any atom is -0.506 e. The summed E-state index contributed by atoms with van der Waals surface area (Å²) in [4.78, 5) is 33.2. The number of pyridine rings is 1. The third kappa shape index (κ3) is 8.88. The van der Waals surface area contributed by atoms with E-state index in [9.17, 15) is 19.8 Å². The largest absolute Gasteiger partial charge is 0.506 e. The third-order valence-electron chi connectivity index (χ3n) is 6.48. The Hall–Kier alpha value is -3.73. The van der Waals surface area contributed by atoms with Crippen LogP contribution in [0.1, 0.15) is 55.7 Å². The predicted molar refractivity (Wildman–Crippen MR) is 161 cm³/mol. The lowest BCUT2D eigenvalue weighted by molar-refractivity contribution is 0.0231. The number of hydrogen-bond donors (Lipinski definition) is 4. The molecule has 2 aromatic heterocycles. The van der Waals surface area contributed by atoms with E-state index in [2.05, 4.69) is 21.4 Å². The Morgan fingerprint density at radius 3 is 2.68 bits per heavy atom. The van der Waals surface area contributed by atoms with E-state index in [0.717, 1.165) is 47.4 Å². The van der Waals surface area contributed by atoms with Crippen LogP contribution in [0, 0.1) is 0 Å². The maximum Gasteiger partial charge on any atom is 0.410 e. The normalized spacial score (nSPS) is 12.4.